The van der Waals surface area contributed by atoms with Crippen molar-refractivity contribution in [2.45, 2.75) is 26.3 Å². The molecule has 1 rings (SSSR count). The summed E-state index contributed by atoms with van der Waals surface area (Å²) in [5.41, 5.74) is 6.47. The molecule has 0 bridgehead atoms. The van der Waals surface area contributed by atoms with E-state index in [1.165, 1.54) is 11.3 Å². The number of thiophene rings is 1. The van der Waals surface area contributed by atoms with Gasteiger partial charge in [-0.25, -0.2) is 0 Å². The van der Waals surface area contributed by atoms with Crippen molar-refractivity contribution >= 4 is 11.3 Å². The Bertz CT molecular complexity index is 392. The van der Waals surface area contributed by atoms with Crippen LogP contribution in [0.4, 0.5) is 0 Å². The number of hydrogen-bond acceptors (Lipinski definition) is 4. The van der Waals surface area contributed by atoms with E-state index >= 15 is 0 Å². The Hall–Kier alpha value is -0.860. The molecule has 0 spiro atoms. The molecule has 1 aromatic rings. The van der Waals surface area contributed by atoms with Gasteiger partial charge in [-0.05, 0) is 24.4 Å². The van der Waals surface area contributed by atoms with Crippen molar-refractivity contribution in [3.05, 3.63) is 21.9 Å². The fourth-order valence-corrected chi connectivity index (χ4v) is 2.59. The highest BCUT2D eigenvalue weighted by molar-refractivity contribution is 7.10. The SMILES string of the molecule is CCCCN(CCO)Cc1sccc1C#CCN. The molecule has 0 aromatic carbocycles. The van der Waals surface area contributed by atoms with E-state index in [0.717, 1.165) is 31.6 Å². The average molecular weight is 266 g/mol. The lowest BCUT2D eigenvalue weighted by Crippen LogP contribution is -2.27. The minimum absolute atomic E-state index is 0.207. The number of hydrogen-bond donors (Lipinski definition) is 2. The minimum Gasteiger partial charge on any atom is -0.395 e. The third-order valence-electron chi connectivity index (χ3n) is 2.68. The van der Waals surface area contributed by atoms with Gasteiger partial charge in [0.2, 0.25) is 0 Å². The van der Waals surface area contributed by atoms with Crippen molar-refractivity contribution in [3.63, 3.8) is 0 Å². The molecule has 0 saturated carbocycles. The number of aliphatic hydroxyl groups is 1. The molecule has 1 heterocycles. The second-order valence-electron chi connectivity index (χ2n) is 4.12. The lowest BCUT2D eigenvalue weighted by Gasteiger charge is -2.20. The van der Waals surface area contributed by atoms with E-state index in [1.54, 1.807) is 11.3 Å². The van der Waals surface area contributed by atoms with E-state index < -0.39 is 0 Å². The molecule has 0 aliphatic heterocycles. The lowest BCUT2D eigenvalue weighted by atomic mass is 10.2. The Labute approximate surface area is 114 Å². The number of rotatable bonds is 7. The van der Waals surface area contributed by atoms with Gasteiger partial charge < -0.3 is 10.8 Å². The molecule has 0 aliphatic rings. The van der Waals surface area contributed by atoms with Crippen LogP contribution >= 0.6 is 11.3 Å². The monoisotopic (exact) mass is 266 g/mol. The first kappa shape index (κ1) is 15.2. The van der Waals surface area contributed by atoms with Gasteiger partial charge in [0.25, 0.3) is 0 Å². The standard InChI is InChI=1S/C14H22N2OS/c1-2-3-8-16(9-10-17)12-14-13(5-4-7-15)6-11-18-14/h6,11,17H,2-3,7-10,12,15H2,1H3. The minimum atomic E-state index is 0.207. The first-order valence-corrected chi connectivity index (χ1v) is 7.28. The number of nitrogens with zero attached hydrogens (tertiary/aromatic N) is 1. The first-order valence-electron chi connectivity index (χ1n) is 6.40. The molecule has 0 atom stereocenters. The molecule has 4 heteroatoms. The summed E-state index contributed by atoms with van der Waals surface area (Å²) in [6, 6.07) is 2.04. The Morgan fingerprint density at radius 2 is 2.28 bits per heavy atom. The van der Waals surface area contributed by atoms with Gasteiger partial charge >= 0.3 is 0 Å². The molecule has 18 heavy (non-hydrogen) atoms. The summed E-state index contributed by atoms with van der Waals surface area (Å²) in [4.78, 5) is 3.55. The van der Waals surface area contributed by atoms with Crippen LogP contribution in [0.2, 0.25) is 0 Å². The Balaban J connectivity index is 2.64. The third kappa shape index (κ3) is 5.19. The smallest absolute Gasteiger partial charge is 0.0558 e. The quantitative estimate of drug-likeness (QED) is 0.738. The summed E-state index contributed by atoms with van der Waals surface area (Å²) < 4.78 is 0. The highest BCUT2D eigenvalue weighted by atomic mass is 32.1. The molecular weight excluding hydrogens is 244 g/mol. The normalized spacial score (nSPS) is 10.4. The average Bonchev–Trinajstić information content (AvgIpc) is 2.81. The summed E-state index contributed by atoms with van der Waals surface area (Å²) in [7, 11) is 0. The molecule has 0 saturated heterocycles. The van der Waals surface area contributed by atoms with E-state index in [2.05, 4.69) is 29.0 Å². The Kier molecular flexibility index (Phi) is 7.70. The maximum Gasteiger partial charge on any atom is 0.0558 e. The van der Waals surface area contributed by atoms with Crippen LogP contribution in [0.15, 0.2) is 11.4 Å². The topological polar surface area (TPSA) is 49.5 Å². The first-order chi connectivity index (χ1) is 8.81. The van der Waals surface area contributed by atoms with Crippen LogP contribution in [0.5, 0.6) is 0 Å². The molecule has 0 unspecified atom stereocenters. The van der Waals surface area contributed by atoms with E-state index in [9.17, 15) is 0 Å². The van der Waals surface area contributed by atoms with Crippen molar-refractivity contribution in [1.29, 1.82) is 0 Å². The van der Waals surface area contributed by atoms with Crippen molar-refractivity contribution < 1.29 is 5.11 Å². The van der Waals surface area contributed by atoms with E-state index in [1.807, 2.05) is 6.07 Å². The number of nitrogens with two attached hydrogens (primary N) is 1. The molecule has 0 aliphatic carbocycles. The van der Waals surface area contributed by atoms with Crippen molar-refractivity contribution in [1.82, 2.24) is 4.90 Å². The maximum atomic E-state index is 9.09. The van der Waals surface area contributed by atoms with Crippen LogP contribution in [0.1, 0.15) is 30.2 Å². The van der Waals surface area contributed by atoms with Crippen LogP contribution in [-0.4, -0.2) is 36.2 Å². The summed E-state index contributed by atoms with van der Waals surface area (Å²) in [5, 5.41) is 11.2. The van der Waals surface area contributed by atoms with Crippen LogP contribution < -0.4 is 5.73 Å². The molecule has 1 aromatic heterocycles. The zero-order valence-electron chi connectivity index (χ0n) is 11.0. The Morgan fingerprint density at radius 3 is 2.94 bits per heavy atom. The van der Waals surface area contributed by atoms with Crippen LogP contribution in [0.3, 0.4) is 0 Å². The predicted octanol–water partition coefficient (Wildman–Crippen LogP) is 1.65. The molecule has 0 fully saturated rings. The molecule has 0 amide bonds. The van der Waals surface area contributed by atoms with Gasteiger partial charge in [-0.15, -0.1) is 11.3 Å². The summed E-state index contributed by atoms with van der Waals surface area (Å²) in [5.74, 6) is 6.00. The molecule has 3 nitrogen and oxygen atoms in total. The van der Waals surface area contributed by atoms with Crippen molar-refractivity contribution in [2.24, 2.45) is 5.73 Å². The van der Waals surface area contributed by atoms with Crippen LogP contribution in [0.25, 0.3) is 0 Å². The highest BCUT2D eigenvalue weighted by Crippen LogP contribution is 2.18. The lowest BCUT2D eigenvalue weighted by molar-refractivity contribution is 0.189. The van der Waals surface area contributed by atoms with E-state index in [4.69, 9.17) is 10.8 Å². The van der Waals surface area contributed by atoms with Gasteiger partial charge in [-0.3, -0.25) is 4.90 Å². The van der Waals surface area contributed by atoms with Crippen LogP contribution in [0, 0.1) is 11.8 Å². The van der Waals surface area contributed by atoms with Gasteiger partial charge in [0.15, 0.2) is 0 Å². The van der Waals surface area contributed by atoms with E-state index in [0.29, 0.717) is 6.54 Å². The summed E-state index contributed by atoms with van der Waals surface area (Å²) >= 11 is 1.72. The fourth-order valence-electron chi connectivity index (χ4n) is 1.72. The summed E-state index contributed by atoms with van der Waals surface area (Å²) in [6.07, 6.45) is 2.33. The number of unbranched alkanes of at least 4 members (excludes halogenated alkanes) is 1. The van der Waals surface area contributed by atoms with Gasteiger partial charge in [-0.1, -0.05) is 25.2 Å². The van der Waals surface area contributed by atoms with Gasteiger partial charge in [0.05, 0.1) is 13.2 Å². The van der Waals surface area contributed by atoms with Crippen molar-refractivity contribution in [2.75, 3.05) is 26.2 Å². The largest absolute Gasteiger partial charge is 0.395 e. The molecule has 0 radical (unpaired) electrons. The van der Waals surface area contributed by atoms with Gasteiger partial charge in [0.1, 0.15) is 0 Å². The van der Waals surface area contributed by atoms with Crippen LogP contribution in [-0.2, 0) is 6.54 Å². The molecule has 3 N–H and O–H groups in total. The summed E-state index contributed by atoms with van der Waals surface area (Å²) in [6.45, 7) is 5.40. The molecular formula is C14H22N2OS. The van der Waals surface area contributed by atoms with Gasteiger partial charge in [0, 0.05) is 23.5 Å². The Morgan fingerprint density at radius 1 is 1.44 bits per heavy atom. The third-order valence-corrected chi connectivity index (χ3v) is 3.59. The second-order valence-corrected chi connectivity index (χ2v) is 5.12. The predicted molar refractivity (Wildman–Crippen MR) is 77.5 cm³/mol. The zero-order valence-corrected chi connectivity index (χ0v) is 11.8. The maximum absolute atomic E-state index is 9.09. The van der Waals surface area contributed by atoms with E-state index in [-0.39, 0.29) is 6.61 Å². The highest BCUT2D eigenvalue weighted by Gasteiger charge is 2.08. The zero-order chi connectivity index (χ0) is 13.2. The second kappa shape index (κ2) is 9.12. The van der Waals surface area contributed by atoms with Gasteiger partial charge in [-0.2, -0.15) is 0 Å². The number of aliphatic hydroxyl groups excluding tert-OH is 1. The van der Waals surface area contributed by atoms with Crippen molar-refractivity contribution in [3.8, 4) is 11.8 Å². The molecule has 100 valence electrons. The fraction of sp³-hybridized carbons (Fsp3) is 0.571.